The van der Waals surface area contributed by atoms with Gasteiger partial charge in [-0.2, -0.15) is 0 Å². The molecule has 0 amide bonds. The predicted octanol–water partition coefficient (Wildman–Crippen LogP) is 5.98. The highest BCUT2D eigenvalue weighted by Gasteiger charge is 2.39. The maximum absolute atomic E-state index is 13.5. The number of rotatable bonds is 2. The Morgan fingerprint density at radius 1 is 1.24 bits per heavy atom. The van der Waals surface area contributed by atoms with Crippen molar-refractivity contribution in [2.24, 2.45) is 5.41 Å². The van der Waals surface area contributed by atoms with Gasteiger partial charge in [0.1, 0.15) is 5.82 Å². The van der Waals surface area contributed by atoms with Gasteiger partial charge in [-0.3, -0.25) is 0 Å². The molecule has 0 aliphatic heterocycles. The van der Waals surface area contributed by atoms with Crippen LogP contribution in [-0.4, -0.2) is 0 Å². The van der Waals surface area contributed by atoms with Gasteiger partial charge in [0, 0.05) is 9.50 Å². The Labute approximate surface area is 137 Å². The van der Waals surface area contributed by atoms with Crippen LogP contribution >= 0.6 is 27.5 Å². The molecule has 3 rings (SSSR count). The molecule has 0 saturated carbocycles. The van der Waals surface area contributed by atoms with Crippen LogP contribution in [0.25, 0.3) is 0 Å². The molecule has 1 aliphatic carbocycles. The molecule has 0 aromatic heterocycles. The van der Waals surface area contributed by atoms with Crippen molar-refractivity contribution in [3.8, 4) is 0 Å². The third-order valence-electron chi connectivity index (χ3n) is 4.07. The normalized spacial score (nSPS) is 19.4. The van der Waals surface area contributed by atoms with Crippen LogP contribution in [0.2, 0.25) is 5.02 Å². The molecule has 0 heterocycles. The highest BCUT2D eigenvalue weighted by molar-refractivity contribution is 9.10. The first-order valence-corrected chi connectivity index (χ1v) is 8.04. The molecule has 0 spiro atoms. The van der Waals surface area contributed by atoms with Crippen LogP contribution in [0.4, 0.5) is 10.1 Å². The number of hydrogen-bond donors (Lipinski definition) is 1. The van der Waals surface area contributed by atoms with Crippen LogP contribution < -0.4 is 5.32 Å². The first kappa shape index (κ1) is 14.9. The van der Waals surface area contributed by atoms with Crippen molar-refractivity contribution in [3.05, 3.63) is 62.8 Å². The number of nitrogens with one attached hydrogen (secondary N) is 1. The summed E-state index contributed by atoms with van der Waals surface area (Å²) in [5, 5.41) is 4.21. The van der Waals surface area contributed by atoms with Crippen LogP contribution in [-0.2, 0) is 6.42 Å². The van der Waals surface area contributed by atoms with Crippen molar-refractivity contribution in [1.82, 2.24) is 0 Å². The number of hydrogen-bond acceptors (Lipinski definition) is 1. The fourth-order valence-electron chi connectivity index (χ4n) is 3.05. The van der Waals surface area contributed by atoms with E-state index in [1.807, 2.05) is 12.1 Å². The average Bonchev–Trinajstić information content (AvgIpc) is 2.65. The second kappa shape index (κ2) is 5.29. The quantitative estimate of drug-likeness (QED) is 0.688. The lowest BCUT2D eigenvalue weighted by atomic mass is 9.85. The van der Waals surface area contributed by atoms with E-state index in [0.29, 0.717) is 0 Å². The molecule has 2 aromatic carbocycles. The van der Waals surface area contributed by atoms with Gasteiger partial charge in [-0.25, -0.2) is 4.39 Å². The summed E-state index contributed by atoms with van der Waals surface area (Å²) in [5.41, 5.74) is 3.30. The lowest BCUT2D eigenvalue weighted by molar-refractivity contribution is 0.337. The van der Waals surface area contributed by atoms with Gasteiger partial charge in [0.15, 0.2) is 0 Å². The summed E-state index contributed by atoms with van der Waals surface area (Å²) in [6, 6.07) is 10.8. The highest BCUT2D eigenvalue weighted by Crippen LogP contribution is 2.48. The number of halogens is 3. The van der Waals surface area contributed by atoms with E-state index in [-0.39, 0.29) is 17.3 Å². The van der Waals surface area contributed by atoms with Gasteiger partial charge in [0.2, 0.25) is 0 Å². The fraction of sp³-hybridized carbons (Fsp3) is 0.294. The van der Waals surface area contributed by atoms with Crippen LogP contribution in [0.3, 0.4) is 0 Å². The monoisotopic (exact) mass is 367 g/mol. The summed E-state index contributed by atoms with van der Waals surface area (Å²) in [4.78, 5) is 0. The van der Waals surface area contributed by atoms with E-state index in [1.54, 1.807) is 6.07 Å². The molecule has 2 aromatic rings. The van der Waals surface area contributed by atoms with E-state index in [4.69, 9.17) is 11.6 Å². The summed E-state index contributed by atoms with van der Waals surface area (Å²) in [5.74, 6) is -0.247. The Hall–Kier alpha value is -1.06. The summed E-state index contributed by atoms with van der Waals surface area (Å²) in [7, 11) is 0. The molecule has 0 fully saturated rings. The van der Waals surface area contributed by atoms with E-state index < -0.39 is 0 Å². The Bertz CT molecular complexity index is 699. The van der Waals surface area contributed by atoms with Gasteiger partial charge >= 0.3 is 0 Å². The molecule has 21 heavy (non-hydrogen) atoms. The largest absolute Gasteiger partial charge is 0.377 e. The molecule has 1 nitrogen and oxygen atoms in total. The van der Waals surface area contributed by atoms with Gasteiger partial charge < -0.3 is 5.32 Å². The van der Waals surface area contributed by atoms with Crippen molar-refractivity contribution < 1.29 is 4.39 Å². The molecular weight excluding hydrogens is 353 g/mol. The zero-order chi connectivity index (χ0) is 15.2. The molecule has 0 radical (unpaired) electrons. The smallest absolute Gasteiger partial charge is 0.125 e. The summed E-state index contributed by atoms with van der Waals surface area (Å²) >= 11 is 9.62. The molecule has 0 saturated heterocycles. The molecule has 1 N–H and O–H groups in total. The molecule has 110 valence electrons. The third-order valence-corrected chi connectivity index (χ3v) is 5.00. The maximum Gasteiger partial charge on any atom is 0.125 e. The Balaban J connectivity index is 2.01. The van der Waals surface area contributed by atoms with Gasteiger partial charge in [-0.15, -0.1) is 0 Å². The van der Waals surface area contributed by atoms with Crippen LogP contribution in [0.15, 0.2) is 40.9 Å². The van der Waals surface area contributed by atoms with Crippen molar-refractivity contribution in [1.29, 1.82) is 0 Å². The van der Waals surface area contributed by atoms with E-state index in [1.165, 1.54) is 23.3 Å². The van der Waals surface area contributed by atoms with Crippen LogP contribution in [0.1, 0.15) is 31.0 Å². The van der Waals surface area contributed by atoms with Crippen molar-refractivity contribution >= 4 is 33.2 Å². The zero-order valence-corrected chi connectivity index (χ0v) is 14.2. The van der Waals surface area contributed by atoms with Crippen molar-refractivity contribution in [3.63, 3.8) is 0 Å². The number of fused-ring (bicyclic) bond motifs is 1. The van der Waals surface area contributed by atoms with Crippen molar-refractivity contribution in [2.75, 3.05) is 5.32 Å². The summed E-state index contributed by atoms with van der Waals surface area (Å²) in [6.45, 7) is 4.43. The number of benzene rings is 2. The zero-order valence-electron chi connectivity index (χ0n) is 11.9. The van der Waals surface area contributed by atoms with E-state index in [2.05, 4.69) is 41.2 Å². The number of anilines is 1. The van der Waals surface area contributed by atoms with Gasteiger partial charge in [-0.05, 0) is 69.2 Å². The predicted molar refractivity (Wildman–Crippen MR) is 89.4 cm³/mol. The minimum absolute atomic E-state index is 0.0404. The molecule has 0 bridgehead atoms. The molecule has 4 heteroatoms. The fourth-order valence-corrected chi connectivity index (χ4v) is 3.59. The minimum Gasteiger partial charge on any atom is -0.377 e. The lowest BCUT2D eigenvalue weighted by Crippen LogP contribution is -2.24. The molecule has 1 atom stereocenters. The third kappa shape index (κ3) is 2.82. The maximum atomic E-state index is 13.5. The van der Waals surface area contributed by atoms with Gasteiger partial charge in [-0.1, -0.05) is 31.5 Å². The highest BCUT2D eigenvalue weighted by atomic mass is 79.9. The second-order valence-electron chi connectivity index (χ2n) is 6.21. The SMILES string of the molecule is CC1(C)Cc2ccc(Cl)cc2C1Nc1cc(F)ccc1Br. The van der Waals surface area contributed by atoms with E-state index >= 15 is 0 Å². The Morgan fingerprint density at radius 2 is 2.00 bits per heavy atom. The van der Waals surface area contributed by atoms with Crippen molar-refractivity contribution in [2.45, 2.75) is 26.3 Å². The first-order valence-electron chi connectivity index (χ1n) is 6.87. The van der Waals surface area contributed by atoms with Crippen LogP contribution in [0, 0.1) is 11.2 Å². The summed E-state index contributed by atoms with van der Waals surface area (Å²) < 4.78 is 14.3. The lowest BCUT2D eigenvalue weighted by Gasteiger charge is -2.30. The standard InChI is InChI=1S/C17H16BrClFN/c1-17(2)9-10-3-4-11(19)7-13(10)16(17)21-15-8-12(20)5-6-14(15)18/h3-8,16,21H,9H2,1-2H3. The first-order chi connectivity index (χ1) is 9.87. The van der Waals surface area contributed by atoms with Gasteiger partial charge in [0.25, 0.3) is 0 Å². The van der Waals surface area contributed by atoms with E-state index in [0.717, 1.165) is 21.6 Å². The Morgan fingerprint density at radius 3 is 2.76 bits per heavy atom. The molecular formula is C17H16BrClFN. The van der Waals surface area contributed by atoms with E-state index in [9.17, 15) is 4.39 Å². The van der Waals surface area contributed by atoms with Gasteiger partial charge in [0.05, 0.1) is 11.7 Å². The average molecular weight is 369 g/mol. The minimum atomic E-state index is -0.247. The molecule has 1 aliphatic rings. The molecule has 1 unspecified atom stereocenters. The van der Waals surface area contributed by atoms with Crippen LogP contribution in [0.5, 0.6) is 0 Å². The second-order valence-corrected chi connectivity index (χ2v) is 7.50. The summed E-state index contributed by atoms with van der Waals surface area (Å²) in [6.07, 6.45) is 0.976. The Kier molecular flexibility index (Phi) is 3.74. The topological polar surface area (TPSA) is 12.0 Å².